The van der Waals surface area contributed by atoms with E-state index in [1.54, 1.807) is 11.3 Å². The van der Waals surface area contributed by atoms with Gasteiger partial charge in [0.25, 0.3) is 0 Å². The molecule has 3 rings (SSSR count). The minimum atomic E-state index is 0.786. The summed E-state index contributed by atoms with van der Waals surface area (Å²) in [6.07, 6.45) is 2.63. The number of hydrogen-bond donors (Lipinski definition) is 2. The first-order valence-corrected chi connectivity index (χ1v) is 8.68. The van der Waals surface area contributed by atoms with Crippen molar-refractivity contribution in [2.24, 2.45) is 5.92 Å². The van der Waals surface area contributed by atoms with E-state index in [4.69, 9.17) is 5.73 Å². The molecular formula is C14H19N3S2. The fourth-order valence-corrected chi connectivity index (χ4v) is 4.52. The number of hydrogen-bond acceptors (Lipinski definition) is 5. The number of nitrogens with zero attached hydrogens (tertiary/aromatic N) is 1. The predicted octanol–water partition coefficient (Wildman–Crippen LogP) is 3.74. The summed E-state index contributed by atoms with van der Waals surface area (Å²) in [7, 11) is 0. The van der Waals surface area contributed by atoms with Gasteiger partial charge in [-0.05, 0) is 49.3 Å². The normalized spacial score (nSPS) is 16.9. The molecule has 0 unspecified atom stereocenters. The first-order valence-electron chi connectivity index (χ1n) is 6.70. The first kappa shape index (κ1) is 13.1. The molecule has 19 heavy (non-hydrogen) atoms. The molecule has 2 aromatic rings. The fraction of sp³-hybridized carbons (Fsp3) is 0.500. The highest BCUT2D eigenvalue weighted by atomic mass is 32.2. The summed E-state index contributed by atoms with van der Waals surface area (Å²) in [5.74, 6) is 3.38. The SMILES string of the molecule is Cc1nc2cc(NCC3CCSCC3)c(N)cc2s1. The Hall–Kier alpha value is -0.940. The van der Waals surface area contributed by atoms with Gasteiger partial charge >= 0.3 is 0 Å². The van der Waals surface area contributed by atoms with E-state index in [2.05, 4.69) is 28.1 Å². The number of aromatic nitrogens is 1. The number of rotatable bonds is 3. The molecule has 1 saturated heterocycles. The Labute approximate surface area is 122 Å². The maximum Gasteiger partial charge on any atom is 0.0907 e. The molecule has 0 atom stereocenters. The number of benzene rings is 1. The third kappa shape index (κ3) is 2.98. The van der Waals surface area contributed by atoms with Gasteiger partial charge in [-0.2, -0.15) is 11.8 Å². The summed E-state index contributed by atoms with van der Waals surface area (Å²) in [5, 5.41) is 4.61. The van der Waals surface area contributed by atoms with Gasteiger partial charge in [-0.25, -0.2) is 4.98 Å². The zero-order valence-corrected chi connectivity index (χ0v) is 12.7. The molecule has 1 aromatic carbocycles. The van der Waals surface area contributed by atoms with Crippen LogP contribution >= 0.6 is 23.1 Å². The van der Waals surface area contributed by atoms with Crippen LogP contribution in [0.25, 0.3) is 10.2 Å². The van der Waals surface area contributed by atoms with Gasteiger partial charge in [-0.3, -0.25) is 0 Å². The van der Waals surface area contributed by atoms with Crippen molar-refractivity contribution in [3.05, 3.63) is 17.1 Å². The Bertz CT molecular complexity index is 573. The van der Waals surface area contributed by atoms with Gasteiger partial charge in [0.05, 0.1) is 26.6 Å². The van der Waals surface area contributed by atoms with Crippen molar-refractivity contribution in [2.45, 2.75) is 19.8 Å². The molecule has 0 spiro atoms. The summed E-state index contributed by atoms with van der Waals surface area (Å²) in [5.41, 5.74) is 9.05. The molecule has 2 heterocycles. The molecule has 0 saturated carbocycles. The van der Waals surface area contributed by atoms with Gasteiger partial charge in [0.15, 0.2) is 0 Å². The zero-order valence-electron chi connectivity index (χ0n) is 11.1. The van der Waals surface area contributed by atoms with Crippen LogP contribution in [0.2, 0.25) is 0 Å². The van der Waals surface area contributed by atoms with E-state index in [1.807, 2.05) is 13.0 Å². The van der Waals surface area contributed by atoms with Crippen molar-refractivity contribution in [1.82, 2.24) is 4.98 Å². The summed E-state index contributed by atoms with van der Waals surface area (Å²) in [6.45, 7) is 3.06. The summed E-state index contributed by atoms with van der Waals surface area (Å²) >= 11 is 3.77. The molecule has 1 aliphatic rings. The lowest BCUT2D eigenvalue weighted by atomic mass is 10.0. The average Bonchev–Trinajstić information content (AvgIpc) is 2.76. The van der Waals surface area contributed by atoms with Gasteiger partial charge in [0, 0.05) is 6.54 Å². The van der Waals surface area contributed by atoms with Gasteiger partial charge < -0.3 is 11.1 Å². The van der Waals surface area contributed by atoms with Crippen LogP contribution in [0.5, 0.6) is 0 Å². The number of thioether (sulfide) groups is 1. The smallest absolute Gasteiger partial charge is 0.0907 e. The second-order valence-electron chi connectivity index (χ2n) is 5.08. The molecule has 1 aromatic heterocycles. The highest BCUT2D eigenvalue weighted by Crippen LogP contribution is 2.30. The number of anilines is 2. The molecule has 5 heteroatoms. The quantitative estimate of drug-likeness (QED) is 0.846. The van der Waals surface area contributed by atoms with E-state index in [0.717, 1.165) is 34.4 Å². The third-order valence-corrected chi connectivity index (χ3v) is 5.57. The molecule has 3 N–H and O–H groups in total. The minimum Gasteiger partial charge on any atom is -0.397 e. The van der Waals surface area contributed by atoms with Crippen LogP contribution in [0.3, 0.4) is 0 Å². The molecule has 102 valence electrons. The molecule has 1 fully saturated rings. The third-order valence-electron chi connectivity index (χ3n) is 3.59. The molecule has 0 amide bonds. The van der Waals surface area contributed by atoms with Crippen LogP contribution in [-0.2, 0) is 0 Å². The van der Waals surface area contributed by atoms with Crippen LogP contribution in [0.1, 0.15) is 17.8 Å². The Morgan fingerprint density at radius 2 is 2.16 bits per heavy atom. The van der Waals surface area contributed by atoms with E-state index >= 15 is 0 Å². The van der Waals surface area contributed by atoms with E-state index in [1.165, 1.54) is 29.0 Å². The monoisotopic (exact) mass is 293 g/mol. The van der Waals surface area contributed by atoms with Crippen molar-refractivity contribution >= 4 is 44.7 Å². The lowest BCUT2D eigenvalue weighted by molar-refractivity contribution is 0.516. The van der Waals surface area contributed by atoms with Gasteiger partial charge in [0.2, 0.25) is 0 Å². The Morgan fingerprint density at radius 1 is 1.37 bits per heavy atom. The molecule has 0 bridgehead atoms. The van der Waals surface area contributed by atoms with Crippen LogP contribution in [0, 0.1) is 12.8 Å². The number of nitrogens with one attached hydrogen (secondary N) is 1. The average molecular weight is 293 g/mol. The Balaban J connectivity index is 1.74. The predicted molar refractivity (Wildman–Crippen MR) is 87.3 cm³/mol. The maximum atomic E-state index is 6.12. The van der Waals surface area contributed by atoms with Crippen LogP contribution < -0.4 is 11.1 Å². The molecule has 1 aliphatic heterocycles. The Morgan fingerprint density at radius 3 is 2.95 bits per heavy atom. The fourth-order valence-electron chi connectivity index (χ4n) is 2.46. The second-order valence-corrected chi connectivity index (χ2v) is 7.54. The number of aryl methyl sites for hydroxylation is 1. The number of thiazole rings is 1. The van der Waals surface area contributed by atoms with Crippen molar-refractivity contribution in [2.75, 3.05) is 29.1 Å². The standard InChI is InChI=1S/C14H19N3S2/c1-9-17-13-7-12(11(15)6-14(13)19-9)16-8-10-2-4-18-5-3-10/h6-7,10,16H,2-5,8,15H2,1H3. The van der Waals surface area contributed by atoms with E-state index in [9.17, 15) is 0 Å². The van der Waals surface area contributed by atoms with E-state index < -0.39 is 0 Å². The van der Waals surface area contributed by atoms with E-state index in [-0.39, 0.29) is 0 Å². The van der Waals surface area contributed by atoms with Crippen molar-refractivity contribution < 1.29 is 0 Å². The molecule has 3 nitrogen and oxygen atoms in total. The van der Waals surface area contributed by atoms with Crippen LogP contribution in [0.4, 0.5) is 11.4 Å². The lowest BCUT2D eigenvalue weighted by Gasteiger charge is -2.22. The topological polar surface area (TPSA) is 50.9 Å². The van der Waals surface area contributed by atoms with Crippen molar-refractivity contribution in [1.29, 1.82) is 0 Å². The maximum absolute atomic E-state index is 6.12. The van der Waals surface area contributed by atoms with Gasteiger partial charge in [0.1, 0.15) is 0 Å². The Kier molecular flexibility index (Phi) is 3.84. The number of nitrogens with two attached hydrogens (primary N) is 1. The van der Waals surface area contributed by atoms with E-state index in [0.29, 0.717) is 0 Å². The molecular weight excluding hydrogens is 274 g/mol. The van der Waals surface area contributed by atoms with Crippen molar-refractivity contribution in [3.63, 3.8) is 0 Å². The zero-order chi connectivity index (χ0) is 13.2. The van der Waals surface area contributed by atoms with Crippen LogP contribution in [0.15, 0.2) is 12.1 Å². The number of nitrogen functional groups attached to an aromatic ring is 1. The van der Waals surface area contributed by atoms with Gasteiger partial charge in [-0.1, -0.05) is 0 Å². The summed E-state index contributed by atoms with van der Waals surface area (Å²) in [4.78, 5) is 4.53. The molecule has 0 radical (unpaired) electrons. The largest absolute Gasteiger partial charge is 0.397 e. The molecule has 0 aliphatic carbocycles. The minimum absolute atomic E-state index is 0.786. The first-order chi connectivity index (χ1) is 9.22. The highest BCUT2D eigenvalue weighted by molar-refractivity contribution is 7.99. The van der Waals surface area contributed by atoms with Gasteiger partial charge in [-0.15, -0.1) is 11.3 Å². The summed E-state index contributed by atoms with van der Waals surface area (Å²) < 4.78 is 1.18. The van der Waals surface area contributed by atoms with Crippen molar-refractivity contribution in [3.8, 4) is 0 Å². The lowest BCUT2D eigenvalue weighted by Crippen LogP contribution is -2.19. The second kappa shape index (κ2) is 5.59. The van der Waals surface area contributed by atoms with Crippen LogP contribution in [-0.4, -0.2) is 23.0 Å². The summed E-state index contributed by atoms with van der Waals surface area (Å²) in [6, 6.07) is 4.13. The highest BCUT2D eigenvalue weighted by Gasteiger charge is 2.14. The number of fused-ring (bicyclic) bond motifs is 1.